The number of piperidine rings is 1. The minimum absolute atomic E-state index is 0.0723. The summed E-state index contributed by atoms with van der Waals surface area (Å²) < 4.78 is 0. The van der Waals surface area contributed by atoms with E-state index in [1.165, 1.54) is 36.9 Å². The Bertz CT molecular complexity index is 926. The molecule has 2 aromatic rings. The van der Waals surface area contributed by atoms with E-state index in [1.807, 2.05) is 24.3 Å². The van der Waals surface area contributed by atoms with Crippen LogP contribution in [-0.4, -0.2) is 53.7 Å². The second-order valence-electron chi connectivity index (χ2n) is 7.97. The maximum absolute atomic E-state index is 12.9. The predicted molar refractivity (Wildman–Crippen MR) is 114 cm³/mol. The molecule has 156 valence electrons. The summed E-state index contributed by atoms with van der Waals surface area (Å²) in [5, 5.41) is 0. The number of hydrogen-bond acceptors (Lipinski definition) is 5. The second kappa shape index (κ2) is 8.65. The molecule has 7 heteroatoms. The molecule has 0 spiro atoms. The largest absolute Gasteiger partial charge is 0.372 e. The van der Waals surface area contributed by atoms with Gasteiger partial charge < -0.3 is 15.5 Å². The zero-order valence-electron chi connectivity index (χ0n) is 16.9. The molecule has 2 amide bonds. The summed E-state index contributed by atoms with van der Waals surface area (Å²) in [5.41, 5.74) is 7.68. The van der Waals surface area contributed by atoms with Crippen molar-refractivity contribution in [1.82, 2.24) is 9.88 Å². The molecule has 0 radical (unpaired) electrons. The Kier molecular flexibility index (Phi) is 5.79. The van der Waals surface area contributed by atoms with Crippen molar-refractivity contribution < 1.29 is 14.4 Å². The summed E-state index contributed by atoms with van der Waals surface area (Å²) in [6, 6.07) is 11.0. The Labute approximate surface area is 175 Å². The molecule has 4 rings (SSSR count). The minimum Gasteiger partial charge on any atom is -0.372 e. The van der Waals surface area contributed by atoms with Crippen molar-refractivity contribution in [2.45, 2.75) is 25.7 Å². The van der Waals surface area contributed by atoms with Crippen LogP contribution in [0.1, 0.15) is 56.9 Å². The molecule has 2 aliphatic heterocycles. The van der Waals surface area contributed by atoms with Gasteiger partial charge in [-0.1, -0.05) is 0 Å². The van der Waals surface area contributed by atoms with Crippen molar-refractivity contribution in [2.75, 3.05) is 31.1 Å². The number of carbonyl (C=O) groups is 3. The second-order valence-corrected chi connectivity index (χ2v) is 7.97. The van der Waals surface area contributed by atoms with Gasteiger partial charge >= 0.3 is 0 Å². The van der Waals surface area contributed by atoms with Crippen LogP contribution in [0.4, 0.5) is 5.69 Å². The van der Waals surface area contributed by atoms with Crippen LogP contribution in [0.3, 0.4) is 0 Å². The summed E-state index contributed by atoms with van der Waals surface area (Å²) in [6.07, 6.45) is 5.04. The average molecular weight is 406 g/mol. The van der Waals surface area contributed by atoms with Gasteiger partial charge in [-0.3, -0.25) is 19.4 Å². The number of nitrogens with zero attached hydrogens (tertiary/aromatic N) is 3. The van der Waals surface area contributed by atoms with E-state index in [0.717, 1.165) is 18.7 Å². The van der Waals surface area contributed by atoms with Gasteiger partial charge in [-0.05, 0) is 62.1 Å². The first-order valence-corrected chi connectivity index (χ1v) is 10.5. The number of benzene rings is 1. The van der Waals surface area contributed by atoms with Gasteiger partial charge in [-0.2, -0.15) is 0 Å². The highest BCUT2D eigenvalue weighted by molar-refractivity contribution is 5.99. The number of nitrogens with two attached hydrogens (primary N) is 1. The van der Waals surface area contributed by atoms with E-state index >= 15 is 0 Å². The first kappa shape index (κ1) is 20.1. The lowest BCUT2D eigenvalue weighted by molar-refractivity contribution is 0.0645. The van der Waals surface area contributed by atoms with Crippen molar-refractivity contribution >= 4 is 23.3 Å². The number of pyridine rings is 1. The molecular formula is C23H26N4O3. The van der Waals surface area contributed by atoms with Gasteiger partial charge in [0, 0.05) is 49.5 Å². The van der Waals surface area contributed by atoms with Crippen LogP contribution < -0.4 is 10.6 Å². The number of likely N-dealkylation sites (tertiary alicyclic amines) is 1. The lowest BCUT2D eigenvalue weighted by Crippen LogP contribution is -2.40. The number of rotatable bonds is 5. The minimum atomic E-state index is -0.575. The van der Waals surface area contributed by atoms with Crippen molar-refractivity contribution in [3.05, 3.63) is 59.4 Å². The molecule has 0 bridgehead atoms. The summed E-state index contributed by atoms with van der Waals surface area (Å²) in [7, 11) is 0. The molecule has 1 aromatic carbocycles. The zero-order valence-corrected chi connectivity index (χ0v) is 16.9. The molecule has 1 aromatic heterocycles. The maximum Gasteiger partial charge on any atom is 0.272 e. The third kappa shape index (κ3) is 4.20. The average Bonchev–Trinajstić information content (AvgIpc) is 3.33. The highest BCUT2D eigenvalue weighted by Gasteiger charge is 2.29. The molecule has 0 aliphatic carbocycles. The van der Waals surface area contributed by atoms with Crippen LogP contribution in [0, 0.1) is 5.92 Å². The van der Waals surface area contributed by atoms with Gasteiger partial charge in [0.25, 0.3) is 5.91 Å². The molecule has 0 saturated carbocycles. The van der Waals surface area contributed by atoms with E-state index in [1.54, 1.807) is 4.90 Å². The smallest absolute Gasteiger partial charge is 0.272 e. The van der Waals surface area contributed by atoms with Crippen LogP contribution >= 0.6 is 0 Å². The number of Topliss-reactive ketones (excluding diaryl/α,β-unsaturated/α-hetero) is 1. The fourth-order valence-electron chi connectivity index (χ4n) is 4.22. The first-order chi connectivity index (χ1) is 14.5. The summed E-state index contributed by atoms with van der Waals surface area (Å²) in [5.74, 6) is -0.683. The molecule has 0 atom stereocenters. The third-order valence-corrected chi connectivity index (χ3v) is 6.04. The highest BCUT2D eigenvalue weighted by atomic mass is 16.2. The Morgan fingerprint density at radius 2 is 1.50 bits per heavy atom. The van der Waals surface area contributed by atoms with Gasteiger partial charge in [-0.25, -0.2) is 0 Å². The molecule has 2 fully saturated rings. The Morgan fingerprint density at radius 1 is 0.867 bits per heavy atom. The summed E-state index contributed by atoms with van der Waals surface area (Å²) in [6.45, 7) is 3.19. The molecule has 2 N–H and O–H groups in total. The fraction of sp³-hybridized carbons (Fsp3) is 0.391. The Balaban J connectivity index is 1.33. The molecule has 30 heavy (non-hydrogen) atoms. The van der Waals surface area contributed by atoms with Crippen molar-refractivity contribution in [2.24, 2.45) is 11.7 Å². The number of ketones is 1. The van der Waals surface area contributed by atoms with E-state index in [9.17, 15) is 14.4 Å². The highest BCUT2D eigenvalue weighted by Crippen LogP contribution is 2.25. The maximum atomic E-state index is 12.9. The van der Waals surface area contributed by atoms with Crippen LogP contribution in [0.25, 0.3) is 0 Å². The SMILES string of the molecule is NC(=O)c1ccc(C(=O)N2CCC(C(=O)c3ccc(N4CCCC4)cc3)CC2)nc1. The molecule has 7 nitrogen and oxygen atoms in total. The lowest BCUT2D eigenvalue weighted by Gasteiger charge is -2.31. The van der Waals surface area contributed by atoms with Crippen LogP contribution in [0.15, 0.2) is 42.6 Å². The van der Waals surface area contributed by atoms with Crippen LogP contribution in [-0.2, 0) is 0 Å². The monoisotopic (exact) mass is 406 g/mol. The van der Waals surface area contributed by atoms with Crippen LogP contribution in [0.2, 0.25) is 0 Å². The molecule has 0 unspecified atom stereocenters. The molecule has 3 heterocycles. The topological polar surface area (TPSA) is 96.6 Å². The first-order valence-electron chi connectivity index (χ1n) is 10.5. The van der Waals surface area contributed by atoms with E-state index in [0.29, 0.717) is 25.9 Å². The number of amides is 2. The molecule has 2 saturated heterocycles. The summed E-state index contributed by atoms with van der Waals surface area (Å²) in [4.78, 5) is 44.8. The number of hydrogen-bond donors (Lipinski definition) is 1. The standard InChI is InChI=1S/C23H26N4O3/c24-22(29)18-5-8-20(25-15-18)23(30)27-13-9-17(10-14-27)21(28)16-3-6-19(7-4-16)26-11-1-2-12-26/h3-8,15,17H,1-2,9-14H2,(H2,24,29). The van der Waals surface area contributed by atoms with E-state index in [-0.39, 0.29) is 28.9 Å². The van der Waals surface area contributed by atoms with Crippen molar-refractivity contribution in [1.29, 1.82) is 0 Å². The Morgan fingerprint density at radius 3 is 2.07 bits per heavy atom. The van der Waals surface area contributed by atoms with Crippen molar-refractivity contribution in [3.63, 3.8) is 0 Å². The molecular weight excluding hydrogens is 380 g/mol. The number of primary amides is 1. The third-order valence-electron chi connectivity index (χ3n) is 6.04. The van der Waals surface area contributed by atoms with Crippen molar-refractivity contribution in [3.8, 4) is 0 Å². The number of anilines is 1. The summed E-state index contributed by atoms with van der Waals surface area (Å²) >= 11 is 0. The van der Waals surface area contributed by atoms with E-state index in [2.05, 4.69) is 9.88 Å². The number of aromatic nitrogens is 1. The quantitative estimate of drug-likeness (QED) is 0.770. The molecule has 2 aliphatic rings. The number of carbonyl (C=O) groups excluding carboxylic acids is 3. The van der Waals surface area contributed by atoms with Gasteiger partial charge in [0.15, 0.2) is 5.78 Å². The fourth-order valence-corrected chi connectivity index (χ4v) is 4.22. The van der Waals surface area contributed by atoms with Gasteiger partial charge in [0.2, 0.25) is 5.91 Å². The lowest BCUT2D eigenvalue weighted by atomic mass is 9.88. The van der Waals surface area contributed by atoms with Gasteiger partial charge in [0.1, 0.15) is 5.69 Å². The normalized spacial score (nSPS) is 17.2. The van der Waals surface area contributed by atoms with Crippen LogP contribution in [0.5, 0.6) is 0 Å². The zero-order chi connectivity index (χ0) is 21.1. The van der Waals surface area contributed by atoms with E-state index < -0.39 is 5.91 Å². The van der Waals surface area contributed by atoms with E-state index in [4.69, 9.17) is 5.73 Å². The Hall–Kier alpha value is -3.22. The van der Waals surface area contributed by atoms with Gasteiger partial charge in [-0.15, -0.1) is 0 Å². The predicted octanol–water partition coefficient (Wildman–Crippen LogP) is 2.52. The van der Waals surface area contributed by atoms with Gasteiger partial charge in [0.05, 0.1) is 5.56 Å².